The maximum Gasteiger partial charge on any atom is 0.243 e. The molecule has 0 amide bonds. The van der Waals surface area contributed by atoms with Crippen LogP contribution in [0.5, 0.6) is 5.75 Å². The van der Waals surface area contributed by atoms with Gasteiger partial charge in [0.05, 0.1) is 24.7 Å². The van der Waals surface area contributed by atoms with E-state index in [1.54, 1.807) is 25.3 Å². The number of ether oxygens (including phenoxy) is 2. The summed E-state index contributed by atoms with van der Waals surface area (Å²) < 4.78 is 37.6. The highest BCUT2D eigenvalue weighted by Crippen LogP contribution is 2.27. The summed E-state index contributed by atoms with van der Waals surface area (Å²) in [6, 6.07) is 4.77. The third-order valence-corrected chi connectivity index (χ3v) is 5.78. The minimum atomic E-state index is -3.49. The van der Waals surface area contributed by atoms with E-state index in [9.17, 15) is 8.42 Å². The lowest BCUT2D eigenvalue weighted by molar-refractivity contribution is -0.0232. The van der Waals surface area contributed by atoms with Crippen LogP contribution in [-0.2, 0) is 14.8 Å². The first-order valence-corrected chi connectivity index (χ1v) is 8.10. The average molecular weight is 299 g/mol. The molecule has 0 N–H and O–H groups in total. The molecule has 1 saturated heterocycles. The van der Waals surface area contributed by atoms with Gasteiger partial charge in [0, 0.05) is 12.6 Å². The predicted octanol–water partition coefficient (Wildman–Crippen LogP) is 1.80. The van der Waals surface area contributed by atoms with Gasteiger partial charge in [0.2, 0.25) is 10.0 Å². The van der Waals surface area contributed by atoms with Crippen LogP contribution < -0.4 is 4.74 Å². The van der Waals surface area contributed by atoms with E-state index in [1.807, 2.05) is 20.8 Å². The zero-order chi connectivity index (χ0) is 14.9. The van der Waals surface area contributed by atoms with Gasteiger partial charge >= 0.3 is 0 Å². The molecular formula is C14H21NO4S. The first kappa shape index (κ1) is 15.3. The maximum atomic E-state index is 12.7. The first-order valence-electron chi connectivity index (χ1n) is 6.66. The molecule has 1 aromatic rings. The Labute approximate surface area is 120 Å². The minimum absolute atomic E-state index is 0.0992. The number of hydrogen-bond donors (Lipinski definition) is 0. The number of benzene rings is 1. The molecule has 2 rings (SSSR count). The van der Waals surface area contributed by atoms with Crippen LogP contribution in [0.3, 0.4) is 0 Å². The Morgan fingerprint density at radius 3 is 2.65 bits per heavy atom. The molecular weight excluding hydrogens is 278 g/mol. The van der Waals surface area contributed by atoms with Crippen molar-refractivity contribution in [1.29, 1.82) is 0 Å². The predicted molar refractivity (Wildman–Crippen MR) is 76.5 cm³/mol. The third-order valence-electron chi connectivity index (χ3n) is 3.80. The number of nitrogens with zero attached hydrogens (tertiary/aromatic N) is 1. The van der Waals surface area contributed by atoms with Gasteiger partial charge in [-0.2, -0.15) is 4.31 Å². The van der Waals surface area contributed by atoms with Gasteiger partial charge in [-0.3, -0.25) is 0 Å². The Kier molecular flexibility index (Phi) is 4.36. The Morgan fingerprint density at radius 2 is 2.05 bits per heavy atom. The molecule has 1 aromatic carbocycles. The van der Waals surface area contributed by atoms with Crippen LogP contribution in [-0.4, -0.2) is 45.1 Å². The molecule has 0 aromatic heterocycles. The smallest absolute Gasteiger partial charge is 0.243 e. The number of sulfonamides is 1. The summed E-state index contributed by atoms with van der Waals surface area (Å²) in [6.45, 7) is 6.42. The highest BCUT2D eigenvalue weighted by Gasteiger charge is 2.35. The topological polar surface area (TPSA) is 55.8 Å². The second kappa shape index (κ2) is 5.71. The maximum absolute atomic E-state index is 12.7. The van der Waals surface area contributed by atoms with Crippen molar-refractivity contribution in [3.63, 3.8) is 0 Å². The zero-order valence-corrected chi connectivity index (χ0v) is 13.1. The van der Waals surface area contributed by atoms with Crippen molar-refractivity contribution in [1.82, 2.24) is 4.31 Å². The largest absolute Gasteiger partial charge is 0.496 e. The lowest BCUT2D eigenvalue weighted by Crippen LogP contribution is -2.51. The van der Waals surface area contributed by atoms with E-state index < -0.39 is 10.0 Å². The van der Waals surface area contributed by atoms with Crippen LogP contribution in [0.4, 0.5) is 0 Å². The van der Waals surface area contributed by atoms with Crippen molar-refractivity contribution in [3.05, 3.63) is 23.8 Å². The van der Waals surface area contributed by atoms with Gasteiger partial charge in [0.25, 0.3) is 0 Å². The number of methoxy groups -OCH3 is 1. The molecule has 0 saturated carbocycles. The Balaban J connectivity index is 2.37. The van der Waals surface area contributed by atoms with E-state index in [1.165, 1.54) is 4.31 Å². The van der Waals surface area contributed by atoms with E-state index in [0.717, 1.165) is 5.56 Å². The third kappa shape index (κ3) is 2.68. The van der Waals surface area contributed by atoms with Crippen molar-refractivity contribution >= 4 is 10.0 Å². The molecule has 2 unspecified atom stereocenters. The Hall–Kier alpha value is -1.11. The van der Waals surface area contributed by atoms with Crippen molar-refractivity contribution < 1.29 is 17.9 Å². The summed E-state index contributed by atoms with van der Waals surface area (Å²) in [6.07, 6.45) is -0.0992. The molecule has 0 aliphatic carbocycles. The van der Waals surface area contributed by atoms with Gasteiger partial charge < -0.3 is 9.47 Å². The van der Waals surface area contributed by atoms with E-state index in [-0.39, 0.29) is 12.1 Å². The quantitative estimate of drug-likeness (QED) is 0.854. The number of hydrogen-bond acceptors (Lipinski definition) is 4. The van der Waals surface area contributed by atoms with E-state index in [4.69, 9.17) is 9.47 Å². The minimum Gasteiger partial charge on any atom is -0.496 e. The second-order valence-corrected chi connectivity index (χ2v) is 6.95. The van der Waals surface area contributed by atoms with Gasteiger partial charge in [0.1, 0.15) is 5.75 Å². The fourth-order valence-corrected chi connectivity index (χ4v) is 4.15. The fourth-order valence-electron chi connectivity index (χ4n) is 2.39. The molecule has 2 atom stereocenters. The van der Waals surface area contributed by atoms with Crippen LogP contribution in [0, 0.1) is 6.92 Å². The van der Waals surface area contributed by atoms with Gasteiger partial charge in [-0.25, -0.2) is 8.42 Å². The number of rotatable bonds is 3. The van der Waals surface area contributed by atoms with Gasteiger partial charge in [-0.1, -0.05) is 0 Å². The lowest BCUT2D eigenvalue weighted by Gasteiger charge is -2.36. The van der Waals surface area contributed by atoms with Crippen LogP contribution in [0.1, 0.15) is 19.4 Å². The zero-order valence-electron chi connectivity index (χ0n) is 12.3. The van der Waals surface area contributed by atoms with Gasteiger partial charge in [-0.15, -0.1) is 0 Å². The molecule has 1 heterocycles. The number of aryl methyl sites for hydroxylation is 1. The standard InChI is InChI=1S/C14H21NO4S/c1-10-9-13(5-6-14(10)18-4)20(16,17)15-7-8-19-12(3)11(15)2/h5-6,9,11-12H,7-8H2,1-4H3. The van der Waals surface area contributed by atoms with E-state index >= 15 is 0 Å². The van der Waals surface area contributed by atoms with Crippen molar-refractivity contribution in [3.8, 4) is 5.75 Å². The summed E-state index contributed by atoms with van der Waals surface area (Å²) in [5.41, 5.74) is 0.808. The molecule has 20 heavy (non-hydrogen) atoms. The molecule has 6 heteroatoms. The summed E-state index contributed by atoms with van der Waals surface area (Å²) >= 11 is 0. The molecule has 1 fully saturated rings. The summed E-state index contributed by atoms with van der Waals surface area (Å²) in [4.78, 5) is 0.303. The molecule has 0 spiro atoms. The first-order chi connectivity index (χ1) is 9.37. The monoisotopic (exact) mass is 299 g/mol. The van der Waals surface area contributed by atoms with Crippen molar-refractivity contribution in [2.75, 3.05) is 20.3 Å². The van der Waals surface area contributed by atoms with E-state index in [0.29, 0.717) is 23.8 Å². The molecule has 0 bridgehead atoms. The number of morpholine rings is 1. The van der Waals surface area contributed by atoms with E-state index in [2.05, 4.69) is 0 Å². The average Bonchev–Trinajstić information content (AvgIpc) is 2.41. The van der Waals surface area contributed by atoms with Crippen molar-refractivity contribution in [2.24, 2.45) is 0 Å². The summed E-state index contributed by atoms with van der Waals surface area (Å²) in [5, 5.41) is 0. The molecule has 1 aliphatic rings. The van der Waals surface area contributed by atoms with Gasteiger partial charge in [-0.05, 0) is 44.5 Å². The molecule has 5 nitrogen and oxygen atoms in total. The van der Waals surface area contributed by atoms with Crippen LogP contribution >= 0.6 is 0 Å². The highest BCUT2D eigenvalue weighted by molar-refractivity contribution is 7.89. The summed E-state index contributed by atoms with van der Waals surface area (Å²) in [7, 11) is -1.92. The van der Waals surface area contributed by atoms with Crippen LogP contribution in [0.25, 0.3) is 0 Å². The Morgan fingerprint density at radius 1 is 1.35 bits per heavy atom. The molecule has 112 valence electrons. The van der Waals surface area contributed by atoms with Gasteiger partial charge in [0.15, 0.2) is 0 Å². The second-order valence-electron chi connectivity index (χ2n) is 5.06. The SMILES string of the molecule is COc1ccc(S(=O)(=O)N2CCOC(C)C2C)cc1C. The lowest BCUT2D eigenvalue weighted by atomic mass is 10.2. The van der Waals surface area contributed by atoms with Crippen molar-refractivity contribution in [2.45, 2.75) is 37.8 Å². The summed E-state index contributed by atoms with van der Waals surface area (Å²) in [5.74, 6) is 0.687. The van der Waals surface area contributed by atoms with Crippen LogP contribution in [0.2, 0.25) is 0 Å². The fraction of sp³-hybridized carbons (Fsp3) is 0.571. The Bertz CT molecular complexity index is 585. The normalized spacial score (nSPS) is 24.6. The van der Waals surface area contributed by atoms with Crippen LogP contribution in [0.15, 0.2) is 23.1 Å². The molecule has 1 aliphatic heterocycles. The molecule has 0 radical (unpaired) electrons. The highest BCUT2D eigenvalue weighted by atomic mass is 32.2.